The molecule has 1 aliphatic carbocycles. The Morgan fingerprint density at radius 3 is 2.13 bits per heavy atom. The summed E-state index contributed by atoms with van der Waals surface area (Å²) in [4.78, 5) is 29.8. The molecule has 45 heavy (non-hydrogen) atoms. The molecule has 1 aromatic rings. The van der Waals surface area contributed by atoms with Gasteiger partial charge in [-0.2, -0.15) is 0 Å². The fourth-order valence-corrected chi connectivity index (χ4v) is 7.31. The van der Waals surface area contributed by atoms with Crippen molar-refractivity contribution in [3.8, 4) is 0 Å². The van der Waals surface area contributed by atoms with E-state index in [0.29, 0.717) is 24.8 Å². The van der Waals surface area contributed by atoms with Crippen molar-refractivity contribution in [1.82, 2.24) is 20.9 Å². The minimum atomic E-state index is -3.63. The van der Waals surface area contributed by atoms with Crippen LogP contribution in [0, 0.1) is 17.3 Å². The number of aliphatic hydroxyl groups excluding tert-OH is 1. The van der Waals surface area contributed by atoms with E-state index in [0.717, 1.165) is 37.6 Å². The third-order valence-corrected chi connectivity index (χ3v) is 11.7. The van der Waals surface area contributed by atoms with Crippen LogP contribution in [-0.4, -0.2) is 90.6 Å². The van der Waals surface area contributed by atoms with Crippen molar-refractivity contribution in [3.05, 3.63) is 35.9 Å². The van der Waals surface area contributed by atoms with E-state index < -0.39 is 38.7 Å². The molecule has 0 radical (unpaired) electrons. The van der Waals surface area contributed by atoms with Crippen LogP contribution < -0.4 is 16.0 Å². The highest BCUT2D eigenvalue weighted by atomic mass is 32.2. The molecule has 1 saturated carbocycles. The Labute approximate surface area is 272 Å². The zero-order valence-electron chi connectivity index (χ0n) is 29.2. The van der Waals surface area contributed by atoms with Crippen LogP contribution in [0.2, 0.25) is 0 Å². The zero-order valence-corrected chi connectivity index (χ0v) is 30.0. The molecule has 4 N–H and O–H groups in total. The van der Waals surface area contributed by atoms with Gasteiger partial charge in [-0.1, -0.05) is 70.4 Å². The first-order valence-corrected chi connectivity index (χ1v) is 18.6. The topological polar surface area (TPSA) is 128 Å². The SMILES string of the molecule is CC(C)(C)CN[C@H](C(=O)NC(Cc1ccccc1)C(O)CN1C[C@H]2CCCC[C@H]2CC1C(=O)NC(C)(C)C)C(C)(C)S(C)(=O)=O. The molecule has 0 bridgehead atoms. The van der Waals surface area contributed by atoms with Crippen LogP contribution in [0.25, 0.3) is 0 Å². The number of rotatable bonds is 12. The first kappa shape index (κ1) is 37.4. The van der Waals surface area contributed by atoms with Crippen LogP contribution >= 0.6 is 0 Å². The second kappa shape index (κ2) is 14.8. The molecule has 0 spiro atoms. The number of fused-ring (bicyclic) bond motifs is 1. The lowest BCUT2D eigenvalue weighted by atomic mass is 9.72. The first-order chi connectivity index (χ1) is 20.7. The van der Waals surface area contributed by atoms with E-state index in [2.05, 4.69) is 20.9 Å². The van der Waals surface area contributed by atoms with Gasteiger partial charge in [0.15, 0.2) is 9.84 Å². The van der Waals surface area contributed by atoms with Gasteiger partial charge in [0.1, 0.15) is 6.04 Å². The molecule has 1 aliphatic heterocycles. The molecule has 2 aliphatic rings. The van der Waals surface area contributed by atoms with Gasteiger partial charge in [-0.15, -0.1) is 0 Å². The maximum absolute atomic E-state index is 14.0. The average Bonchev–Trinajstić information content (AvgIpc) is 2.90. The summed E-state index contributed by atoms with van der Waals surface area (Å²) in [6.07, 6.45) is 5.90. The summed E-state index contributed by atoms with van der Waals surface area (Å²) >= 11 is 0. The fourth-order valence-electron chi connectivity index (χ4n) is 6.69. The Morgan fingerprint density at radius 1 is 0.978 bits per heavy atom. The molecule has 9 nitrogen and oxygen atoms in total. The highest BCUT2D eigenvalue weighted by Gasteiger charge is 2.45. The predicted octanol–water partition coefficient (Wildman–Crippen LogP) is 3.70. The van der Waals surface area contributed by atoms with Crippen molar-refractivity contribution in [3.63, 3.8) is 0 Å². The molecule has 0 aromatic heterocycles. The Hall–Kier alpha value is -2.01. The lowest BCUT2D eigenvalue weighted by molar-refractivity contribution is -0.133. The number of amides is 2. The molecular formula is C35H60N4O5S. The van der Waals surface area contributed by atoms with Crippen molar-refractivity contribution in [1.29, 1.82) is 0 Å². The van der Waals surface area contributed by atoms with E-state index in [4.69, 9.17) is 0 Å². The standard InChI is InChI=1S/C35H60N4O5S/c1-33(2,3)23-36-30(35(7,8)45(9,43)44)32(42)37-27(19-24-15-11-10-12-16-24)29(40)22-39-21-26-18-14-13-17-25(26)20-28(39)31(41)38-34(4,5)6/h10-12,15-16,25-30,36,40H,13-14,17-23H2,1-9H3,(H,37,42)(H,38,41)/t25-,26+,27?,28?,29?,30+/m0/s1. The molecule has 2 amide bonds. The normalized spacial score (nSPS) is 23.8. The minimum Gasteiger partial charge on any atom is -0.390 e. The van der Waals surface area contributed by atoms with Gasteiger partial charge in [0, 0.05) is 31.4 Å². The number of carbonyl (C=O) groups excluding carboxylic acids is 2. The second-order valence-electron chi connectivity index (χ2n) is 16.4. The third kappa shape index (κ3) is 10.8. The molecule has 1 heterocycles. The van der Waals surface area contributed by atoms with Crippen molar-refractivity contribution in [2.75, 3.05) is 25.9 Å². The molecule has 1 aromatic carbocycles. The van der Waals surface area contributed by atoms with Crippen molar-refractivity contribution in [2.24, 2.45) is 17.3 Å². The maximum atomic E-state index is 14.0. The maximum Gasteiger partial charge on any atom is 0.239 e. The van der Waals surface area contributed by atoms with Crippen molar-refractivity contribution >= 4 is 21.7 Å². The smallest absolute Gasteiger partial charge is 0.239 e. The molecule has 1 saturated heterocycles. The number of hydrogen-bond donors (Lipinski definition) is 4. The van der Waals surface area contributed by atoms with Gasteiger partial charge in [-0.25, -0.2) is 8.42 Å². The highest BCUT2D eigenvalue weighted by molar-refractivity contribution is 7.92. The third-order valence-electron chi connectivity index (χ3n) is 9.56. The van der Waals surface area contributed by atoms with Crippen molar-refractivity contribution < 1.29 is 23.1 Å². The number of hydrogen-bond acceptors (Lipinski definition) is 7. The van der Waals surface area contributed by atoms with Gasteiger partial charge in [-0.05, 0) is 76.7 Å². The van der Waals surface area contributed by atoms with Gasteiger partial charge in [0.25, 0.3) is 0 Å². The number of nitrogens with zero attached hydrogens (tertiary/aromatic N) is 1. The molecule has 3 rings (SSSR count). The van der Waals surface area contributed by atoms with E-state index in [9.17, 15) is 23.1 Å². The summed E-state index contributed by atoms with van der Waals surface area (Å²) in [6, 6.07) is 7.55. The summed E-state index contributed by atoms with van der Waals surface area (Å²) in [7, 11) is -3.63. The van der Waals surface area contributed by atoms with E-state index in [1.54, 1.807) is 13.8 Å². The van der Waals surface area contributed by atoms with Crippen LogP contribution in [0.5, 0.6) is 0 Å². The number of carbonyl (C=O) groups is 2. The van der Waals surface area contributed by atoms with Gasteiger partial charge in [-0.3, -0.25) is 14.5 Å². The fraction of sp³-hybridized carbons (Fsp3) is 0.771. The van der Waals surface area contributed by atoms with Crippen LogP contribution in [0.1, 0.15) is 93.1 Å². The minimum absolute atomic E-state index is 0.0243. The Bertz CT molecular complexity index is 1240. The highest BCUT2D eigenvalue weighted by Crippen LogP contribution is 2.39. The predicted molar refractivity (Wildman–Crippen MR) is 182 cm³/mol. The number of likely N-dealkylation sites (tertiary alicyclic amines) is 1. The summed E-state index contributed by atoms with van der Waals surface area (Å²) in [5.74, 6) is 0.482. The average molecular weight is 649 g/mol. The Kier molecular flexibility index (Phi) is 12.3. The summed E-state index contributed by atoms with van der Waals surface area (Å²) in [6.45, 7) is 16.5. The van der Waals surface area contributed by atoms with E-state index in [-0.39, 0.29) is 29.4 Å². The van der Waals surface area contributed by atoms with Crippen LogP contribution in [0.4, 0.5) is 0 Å². The Morgan fingerprint density at radius 2 is 1.58 bits per heavy atom. The summed E-state index contributed by atoms with van der Waals surface area (Å²) in [5.41, 5.74) is 0.371. The quantitative estimate of drug-likeness (QED) is 0.272. The van der Waals surface area contributed by atoms with Gasteiger partial charge >= 0.3 is 0 Å². The molecule has 256 valence electrons. The van der Waals surface area contributed by atoms with Crippen LogP contribution in [0.15, 0.2) is 30.3 Å². The summed E-state index contributed by atoms with van der Waals surface area (Å²) < 4.78 is 24.4. The summed E-state index contributed by atoms with van der Waals surface area (Å²) in [5, 5.41) is 21.3. The Balaban J connectivity index is 1.91. The van der Waals surface area contributed by atoms with Crippen LogP contribution in [-0.2, 0) is 25.8 Å². The lowest BCUT2D eigenvalue weighted by Crippen LogP contribution is -2.64. The van der Waals surface area contributed by atoms with E-state index in [1.165, 1.54) is 12.8 Å². The van der Waals surface area contributed by atoms with Crippen molar-refractivity contribution in [2.45, 2.75) is 128 Å². The number of nitrogens with one attached hydrogen (secondary N) is 3. The number of benzene rings is 1. The number of β-amino-alcohol motifs (C(OH)–C–C–N with tert-alkyl or cyclic N) is 1. The zero-order chi connectivity index (χ0) is 33.8. The van der Waals surface area contributed by atoms with Gasteiger partial charge in [0.05, 0.1) is 22.9 Å². The molecule has 10 heteroatoms. The monoisotopic (exact) mass is 648 g/mol. The van der Waals surface area contributed by atoms with E-state index >= 15 is 0 Å². The number of piperidine rings is 1. The van der Waals surface area contributed by atoms with Gasteiger partial charge in [0.2, 0.25) is 11.8 Å². The number of sulfone groups is 1. The second-order valence-corrected chi connectivity index (χ2v) is 19.0. The molecule has 2 fully saturated rings. The van der Waals surface area contributed by atoms with E-state index in [1.807, 2.05) is 71.9 Å². The lowest BCUT2D eigenvalue weighted by Gasteiger charge is -2.47. The number of aliphatic hydroxyl groups is 1. The first-order valence-electron chi connectivity index (χ1n) is 16.7. The molecule has 6 atom stereocenters. The van der Waals surface area contributed by atoms with Crippen LogP contribution in [0.3, 0.4) is 0 Å². The van der Waals surface area contributed by atoms with Gasteiger partial charge < -0.3 is 21.1 Å². The molecular weight excluding hydrogens is 588 g/mol. The molecule has 3 unspecified atom stereocenters. The largest absolute Gasteiger partial charge is 0.390 e.